The second kappa shape index (κ2) is 7.34. The highest BCUT2D eigenvalue weighted by Crippen LogP contribution is 2.46. The van der Waals surface area contributed by atoms with Crippen LogP contribution in [0.4, 0.5) is 0 Å². The molecule has 1 aromatic carbocycles. The fourth-order valence-corrected chi connectivity index (χ4v) is 4.20. The van der Waals surface area contributed by atoms with Crippen LogP contribution in [-0.2, 0) is 20.2 Å². The second-order valence-electron chi connectivity index (χ2n) is 7.08. The Hall–Kier alpha value is -2.47. The van der Waals surface area contributed by atoms with Crippen molar-refractivity contribution >= 4 is 18.9 Å². The van der Waals surface area contributed by atoms with E-state index >= 15 is 0 Å². The molecule has 0 radical (unpaired) electrons. The number of aliphatic hydroxyl groups is 2. The van der Waals surface area contributed by atoms with E-state index in [9.17, 15) is 29.6 Å². The van der Waals surface area contributed by atoms with Gasteiger partial charge in [0.15, 0.2) is 11.5 Å². The SMILES string of the molecule is Cc1cc2nc3c(=O)nc([O-])nc-3n(C[C@H](O)[C@H](O)[C@H]3COP(=O)([O-])O3)c2cc1C. The summed E-state index contributed by atoms with van der Waals surface area (Å²) >= 11 is 0. The van der Waals surface area contributed by atoms with Gasteiger partial charge in [-0.2, -0.15) is 0 Å². The lowest BCUT2D eigenvalue weighted by molar-refractivity contribution is -0.282. The zero-order valence-corrected chi connectivity index (χ0v) is 16.8. The van der Waals surface area contributed by atoms with Crippen molar-refractivity contribution in [1.82, 2.24) is 19.5 Å². The van der Waals surface area contributed by atoms with Gasteiger partial charge in [-0.15, -0.1) is 0 Å². The van der Waals surface area contributed by atoms with Crippen LogP contribution in [-0.4, -0.2) is 54.7 Å². The van der Waals surface area contributed by atoms with E-state index in [2.05, 4.69) is 24.0 Å². The van der Waals surface area contributed by atoms with Crippen molar-refractivity contribution in [3.05, 3.63) is 33.6 Å². The molecule has 0 bridgehead atoms. The van der Waals surface area contributed by atoms with E-state index < -0.39 is 44.3 Å². The third-order valence-corrected chi connectivity index (χ3v) is 5.98. The summed E-state index contributed by atoms with van der Waals surface area (Å²) in [5.41, 5.74) is 1.60. The van der Waals surface area contributed by atoms with Crippen molar-refractivity contribution in [2.24, 2.45) is 0 Å². The number of rotatable bonds is 4. The van der Waals surface area contributed by atoms with E-state index in [1.165, 1.54) is 4.57 Å². The summed E-state index contributed by atoms with van der Waals surface area (Å²) in [5.74, 6) is -0.111. The molecule has 3 aliphatic rings. The number of hydrogen-bond acceptors (Lipinski definition) is 11. The van der Waals surface area contributed by atoms with Gasteiger partial charge in [-0.1, -0.05) is 0 Å². The van der Waals surface area contributed by atoms with E-state index in [1.807, 2.05) is 13.8 Å². The predicted octanol–water partition coefficient (Wildman–Crippen LogP) is -1.41. The highest BCUT2D eigenvalue weighted by Gasteiger charge is 2.37. The smallest absolute Gasteiger partial charge is 0.300 e. The second-order valence-corrected chi connectivity index (χ2v) is 8.44. The van der Waals surface area contributed by atoms with Gasteiger partial charge >= 0.3 is 0 Å². The minimum absolute atomic E-state index is 0.111. The fourth-order valence-electron chi connectivity index (χ4n) is 3.30. The Morgan fingerprint density at radius 3 is 2.63 bits per heavy atom. The summed E-state index contributed by atoms with van der Waals surface area (Å²) in [6.45, 7) is 2.93. The first kappa shape index (κ1) is 20.8. The number of aromatic nitrogens is 4. The average Bonchev–Trinajstić information content (AvgIpc) is 3.03. The number of phosphoric ester groups is 1. The first-order valence-corrected chi connectivity index (χ1v) is 10.4. The summed E-state index contributed by atoms with van der Waals surface area (Å²) < 4.78 is 21.8. The highest BCUT2D eigenvalue weighted by molar-refractivity contribution is 7.46. The standard InChI is InChI=1S/C17H19N4O8P/c1-7-3-9-10(4-8(7)2)21(15-13(18-9)16(24)20-17(25)19-15)5-11(22)14(23)12-6-28-30(26,27)29-12/h3-4,11-12,14,22-23H,5-6H2,1-2H3,(H,26,27)(H,20,24,25)/p-2/t11-,12+,14-/m0/s1. The topological polar surface area (TPSA) is 183 Å². The van der Waals surface area contributed by atoms with Crippen molar-refractivity contribution in [2.75, 3.05) is 6.61 Å². The van der Waals surface area contributed by atoms with Gasteiger partial charge in [-0.3, -0.25) is 9.36 Å². The minimum atomic E-state index is -4.52. The molecule has 0 spiro atoms. The number of benzene rings is 1. The van der Waals surface area contributed by atoms with Gasteiger partial charge in [0.05, 0.1) is 30.2 Å². The van der Waals surface area contributed by atoms with Gasteiger partial charge in [-0.05, 0) is 37.1 Å². The van der Waals surface area contributed by atoms with E-state index in [0.717, 1.165) is 11.1 Å². The summed E-state index contributed by atoms with van der Waals surface area (Å²) in [5, 5.41) is 32.7. The maximum absolute atomic E-state index is 12.2. The molecule has 160 valence electrons. The number of phosphoric acid groups is 1. The van der Waals surface area contributed by atoms with Gasteiger partial charge in [0.2, 0.25) is 0 Å². The van der Waals surface area contributed by atoms with Gasteiger partial charge in [0, 0.05) is 0 Å². The van der Waals surface area contributed by atoms with Gasteiger partial charge < -0.3 is 33.8 Å². The lowest BCUT2D eigenvalue weighted by Crippen LogP contribution is -2.41. The van der Waals surface area contributed by atoms with Crippen LogP contribution >= 0.6 is 7.82 Å². The Morgan fingerprint density at radius 2 is 1.97 bits per heavy atom. The molecular weight excluding hydrogens is 419 g/mol. The molecule has 1 fully saturated rings. The molecule has 12 nitrogen and oxygen atoms in total. The van der Waals surface area contributed by atoms with Gasteiger partial charge in [0.1, 0.15) is 18.3 Å². The molecule has 0 saturated carbocycles. The molecule has 0 aliphatic carbocycles. The minimum Gasteiger partial charge on any atom is -0.844 e. The molecule has 13 heteroatoms. The van der Waals surface area contributed by atoms with Gasteiger partial charge in [0.25, 0.3) is 13.4 Å². The molecule has 4 rings (SSSR count). The lowest BCUT2D eigenvalue weighted by atomic mass is 10.1. The maximum atomic E-state index is 12.2. The Labute approximate surface area is 169 Å². The summed E-state index contributed by atoms with van der Waals surface area (Å²) in [4.78, 5) is 34.8. The molecule has 30 heavy (non-hydrogen) atoms. The van der Waals surface area contributed by atoms with Crippen molar-refractivity contribution in [3.63, 3.8) is 0 Å². The zero-order chi connectivity index (χ0) is 21.8. The monoisotopic (exact) mass is 436 g/mol. The summed E-state index contributed by atoms with van der Waals surface area (Å²) in [6, 6.07) is 2.46. The summed E-state index contributed by atoms with van der Waals surface area (Å²) in [7, 11) is -4.52. The number of nitrogens with zero attached hydrogens (tertiary/aromatic N) is 4. The number of aliphatic hydroxyl groups excluding tert-OH is 2. The molecule has 1 aromatic rings. The highest BCUT2D eigenvalue weighted by atomic mass is 31.2. The third-order valence-electron chi connectivity index (χ3n) is 4.99. The van der Waals surface area contributed by atoms with E-state index in [-0.39, 0.29) is 18.1 Å². The molecule has 1 unspecified atom stereocenters. The maximum Gasteiger partial charge on any atom is 0.300 e. The van der Waals surface area contributed by atoms with E-state index in [4.69, 9.17) is 0 Å². The molecule has 1 saturated heterocycles. The Bertz CT molecular complexity index is 1210. The number of hydrogen-bond donors (Lipinski definition) is 2. The first-order valence-electron chi connectivity index (χ1n) is 8.92. The quantitative estimate of drug-likeness (QED) is 0.362. The zero-order valence-electron chi connectivity index (χ0n) is 15.9. The lowest BCUT2D eigenvalue weighted by Gasteiger charge is -2.26. The van der Waals surface area contributed by atoms with E-state index in [0.29, 0.717) is 11.0 Å². The van der Waals surface area contributed by atoms with Crippen molar-refractivity contribution in [2.45, 2.75) is 38.7 Å². The fraction of sp³-hybridized carbons (Fsp3) is 0.412. The van der Waals surface area contributed by atoms with Crippen LogP contribution in [0.25, 0.3) is 22.6 Å². The molecule has 3 heterocycles. The van der Waals surface area contributed by atoms with Crippen LogP contribution < -0.4 is 15.6 Å². The molecule has 2 N–H and O–H groups in total. The molecule has 4 atom stereocenters. The Kier molecular flexibility index (Phi) is 5.09. The molecular formula is C17H17N4O8P-2. The Morgan fingerprint density at radius 1 is 1.27 bits per heavy atom. The van der Waals surface area contributed by atoms with Crippen molar-refractivity contribution in [3.8, 4) is 17.5 Å². The van der Waals surface area contributed by atoms with Gasteiger partial charge in [-0.25, -0.2) is 15.0 Å². The van der Waals surface area contributed by atoms with Crippen LogP contribution in [0, 0.1) is 13.8 Å². The van der Waals surface area contributed by atoms with Crippen LogP contribution in [0.1, 0.15) is 11.1 Å². The van der Waals surface area contributed by atoms with Crippen LogP contribution in [0.2, 0.25) is 0 Å². The van der Waals surface area contributed by atoms with Crippen LogP contribution in [0.5, 0.6) is 6.01 Å². The normalized spacial score (nSPS) is 23.8. The predicted molar refractivity (Wildman–Crippen MR) is 97.6 cm³/mol. The Balaban J connectivity index is 1.82. The van der Waals surface area contributed by atoms with E-state index in [1.54, 1.807) is 12.1 Å². The molecule has 3 aliphatic heterocycles. The summed E-state index contributed by atoms with van der Waals surface area (Å²) in [6.07, 6.45) is -4.48. The first-order chi connectivity index (χ1) is 14.1. The average molecular weight is 436 g/mol. The van der Waals surface area contributed by atoms with Crippen LogP contribution in [0.3, 0.4) is 0 Å². The molecule has 0 aromatic heterocycles. The number of fused-ring (bicyclic) bond motifs is 2. The largest absolute Gasteiger partial charge is 0.844 e. The molecule has 0 amide bonds. The third kappa shape index (κ3) is 3.69. The van der Waals surface area contributed by atoms with Crippen molar-refractivity contribution < 1.29 is 33.8 Å². The number of aryl methyl sites for hydroxylation is 2. The van der Waals surface area contributed by atoms with Crippen LogP contribution in [0.15, 0.2) is 16.9 Å². The van der Waals surface area contributed by atoms with Crippen molar-refractivity contribution in [1.29, 1.82) is 0 Å².